The molecule has 18 heavy (non-hydrogen) atoms. The van der Waals surface area contributed by atoms with Crippen LogP contribution >= 0.6 is 0 Å². The van der Waals surface area contributed by atoms with Gasteiger partial charge >= 0.3 is 0 Å². The van der Waals surface area contributed by atoms with Crippen molar-refractivity contribution in [3.63, 3.8) is 0 Å². The Hall–Kier alpha value is -1.35. The number of benzene rings is 1. The minimum Gasteiger partial charge on any atom is -0.363 e. The van der Waals surface area contributed by atoms with Crippen LogP contribution in [0.25, 0.3) is 0 Å². The lowest BCUT2D eigenvalue weighted by atomic mass is 9.85. The molecule has 3 nitrogen and oxygen atoms in total. The summed E-state index contributed by atoms with van der Waals surface area (Å²) in [6.07, 6.45) is 0. The normalized spacial score (nSPS) is 17.7. The molecule has 2 rings (SSSR count). The lowest BCUT2D eigenvalue weighted by molar-refractivity contribution is -0.116. The molecule has 0 saturated carbocycles. The van der Waals surface area contributed by atoms with E-state index in [-0.39, 0.29) is 11.2 Å². The highest BCUT2D eigenvalue weighted by molar-refractivity contribution is 5.86. The van der Waals surface area contributed by atoms with E-state index >= 15 is 0 Å². The zero-order valence-electron chi connectivity index (χ0n) is 11.5. The van der Waals surface area contributed by atoms with Crippen LogP contribution < -0.4 is 10.2 Å². The molecular weight excluding hydrogens is 224 g/mol. The average Bonchev–Trinajstić information content (AvgIpc) is 2.53. The number of Topliss-reactive ketones (excluding diaryl/α,β-unsaturated/α-hetero) is 1. The second kappa shape index (κ2) is 5.11. The third-order valence-electron chi connectivity index (χ3n) is 3.30. The Morgan fingerprint density at radius 2 is 1.94 bits per heavy atom. The van der Waals surface area contributed by atoms with E-state index in [1.54, 1.807) is 0 Å². The first kappa shape index (κ1) is 13.1. The standard InChI is InChI=1S/C15H22N2O/c1-15(2,3)13-6-4-5-7-14(13)17-9-8-16-10-12(18)11-17/h4-7,16H,8-11H2,1-3H3. The number of hydrogen-bond donors (Lipinski definition) is 1. The van der Waals surface area contributed by atoms with Crippen molar-refractivity contribution in [3.8, 4) is 0 Å². The van der Waals surface area contributed by atoms with E-state index in [2.05, 4.69) is 49.2 Å². The van der Waals surface area contributed by atoms with E-state index in [0.717, 1.165) is 13.1 Å². The number of nitrogens with zero attached hydrogens (tertiary/aromatic N) is 1. The van der Waals surface area contributed by atoms with Gasteiger partial charge in [0.05, 0.1) is 13.1 Å². The maximum Gasteiger partial charge on any atom is 0.165 e. The van der Waals surface area contributed by atoms with E-state index < -0.39 is 0 Å². The predicted molar refractivity (Wildman–Crippen MR) is 75.2 cm³/mol. The van der Waals surface area contributed by atoms with E-state index in [4.69, 9.17) is 0 Å². The van der Waals surface area contributed by atoms with Crippen LogP contribution in [0.5, 0.6) is 0 Å². The van der Waals surface area contributed by atoms with Crippen LogP contribution in [0.2, 0.25) is 0 Å². The number of carbonyl (C=O) groups is 1. The van der Waals surface area contributed by atoms with Crippen LogP contribution in [0, 0.1) is 0 Å². The van der Waals surface area contributed by atoms with Gasteiger partial charge < -0.3 is 10.2 Å². The van der Waals surface area contributed by atoms with Gasteiger partial charge in [-0.05, 0) is 17.0 Å². The van der Waals surface area contributed by atoms with Crippen molar-refractivity contribution < 1.29 is 4.79 Å². The van der Waals surface area contributed by atoms with Gasteiger partial charge in [-0.3, -0.25) is 4.79 Å². The van der Waals surface area contributed by atoms with Crippen molar-refractivity contribution in [2.45, 2.75) is 26.2 Å². The Kier molecular flexibility index (Phi) is 3.71. The van der Waals surface area contributed by atoms with Crippen molar-refractivity contribution in [2.24, 2.45) is 0 Å². The molecule has 0 amide bonds. The van der Waals surface area contributed by atoms with Crippen molar-refractivity contribution in [3.05, 3.63) is 29.8 Å². The van der Waals surface area contributed by atoms with Crippen molar-refractivity contribution in [1.29, 1.82) is 0 Å². The number of hydrogen-bond acceptors (Lipinski definition) is 3. The topological polar surface area (TPSA) is 32.3 Å². The molecule has 0 aliphatic carbocycles. The first-order valence-corrected chi connectivity index (χ1v) is 6.55. The van der Waals surface area contributed by atoms with Gasteiger partial charge in [0.1, 0.15) is 0 Å². The summed E-state index contributed by atoms with van der Waals surface area (Å²) in [6.45, 7) is 9.40. The zero-order valence-corrected chi connectivity index (χ0v) is 11.5. The maximum absolute atomic E-state index is 11.7. The Balaban J connectivity index is 2.34. The van der Waals surface area contributed by atoms with Crippen LogP contribution in [0.3, 0.4) is 0 Å². The molecule has 3 heteroatoms. The summed E-state index contributed by atoms with van der Waals surface area (Å²) in [4.78, 5) is 13.9. The van der Waals surface area contributed by atoms with Gasteiger partial charge in [0, 0.05) is 18.8 Å². The molecule has 1 aromatic rings. The first-order valence-electron chi connectivity index (χ1n) is 6.55. The minimum atomic E-state index is 0.0966. The van der Waals surface area contributed by atoms with Gasteiger partial charge in [-0.2, -0.15) is 0 Å². The molecule has 0 spiro atoms. The highest BCUT2D eigenvalue weighted by Crippen LogP contribution is 2.31. The van der Waals surface area contributed by atoms with Gasteiger partial charge in [-0.25, -0.2) is 0 Å². The molecule has 1 N–H and O–H groups in total. The average molecular weight is 246 g/mol. The largest absolute Gasteiger partial charge is 0.363 e. The highest BCUT2D eigenvalue weighted by atomic mass is 16.1. The summed E-state index contributed by atoms with van der Waals surface area (Å²) in [6, 6.07) is 8.41. The summed E-state index contributed by atoms with van der Waals surface area (Å²) in [5, 5.41) is 3.16. The number of para-hydroxylation sites is 1. The van der Waals surface area contributed by atoms with Crippen LogP contribution in [0.1, 0.15) is 26.3 Å². The summed E-state index contributed by atoms with van der Waals surface area (Å²) >= 11 is 0. The molecule has 1 aromatic carbocycles. The molecule has 1 aliphatic rings. The monoisotopic (exact) mass is 246 g/mol. The van der Waals surface area contributed by atoms with Gasteiger partial charge in [-0.1, -0.05) is 39.0 Å². The Morgan fingerprint density at radius 3 is 2.67 bits per heavy atom. The first-order chi connectivity index (χ1) is 8.48. The molecule has 0 aromatic heterocycles. The van der Waals surface area contributed by atoms with E-state index in [1.807, 2.05) is 6.07 Å². The van der Waals surface area contributed by atoms with Crippen molar-refractivity contribution in [2.75, 3.05) is 31.1 Å². The molecular formula is C15H22N2O. The second-order valence-electron chi connectivity index (χ2n) is 5.90. The third-order valence-corrected chi connectivity index (χ3v) is 3.30. The maximum atomic E-state index is 11.7. The van der Waals surface area contributed by atoms with E-state index in [9.17, 15) is 4.79 Å². The molecule has 1 aliphatic heterocycles. The Morgan fingerprint density at radius 1 is 1.22 bits per heavy atom. The van der Waals surface area contributed by atoms with Crippen LogP contribution in [-0.2, 0) is 10.2 Å². The number of carbonyl (C=O) groups excluding carboxylic acids is 1. The van der Waals surface area contributed by atoms with Crippen LogP contribution in [0.4, 0.5) is 5.69 Å². The predicted octanol–water partition coefficient (Wildman–Crippen LogP) is 1.96. The molecule has 1 saturated heterocycles. The highest BCUT2D eigenvalue weighted by Gasteiger charge is 2.22. The fourth-order valence-electron chi connectivity index (χ4n) is 2.38. The third kappa shape index (κ3) is 2.91. The molecule has 1 heterocycles. The summed E-state index contributed by atoms with van der Waals surface area (Å²) in [5.41, 5.74) is 2.60. The molecule has 1 fully saturated rings. The van der Waals surface area contributed by atoms with Crippen LogP contribution in [0.15, 0.2) is 24.3 Å². The molecule has 0 radical (unpaired) electrons. The van der Waals surface area contributed by atoms with Crippen LogP contribution in [-0.4, -0.2) is 32.0 Å². The van der Waals surface area contributed by atoms with Gasteiger partial charge in [-0.15, -0.1) is 0 Å². The van der Waals surface area contributed by atoms with Crippen molar-refractivity contribution in [1.82, 2.24) is 5.32 Å². The fourth-order valence-corrected chi connectivity index (χ4v) is 2.38. The Labute approximate surface area is 109 Å². The SMILES string of the molecule is CC(C)(C)c1ccccc1N1CCNCC(=O)C1. The quantitative estimate of drug-likeness (QED) is 0.822. The van der Waals surface area contributed by atoms with Gasteiger partial charge in [0.2, 0.25) is 0 Å². The molecule has 98 valence electrons. The summed E-state index contributed by atoms with van der Waals surface area (Å²) in [5.74, 6) is 0.260. The fraction of sp³-hybridized carbons (Fsp3) is 0.533. The minimum absolute atomic E-state index is 0.0966. The lowest BCUT2D eigenvalue weighted by Gasteiger charge is -2.30. The number of nitrogens with one attached hydrogen (secondary N) is 1. The zero-order chi connectivity index (χ0) is 13.2. The van der Waals surface area contributed by atoms with Crippen molar-refractivity contribution >= 4 is 11.5 Å². The number of ketones is 1. The molecule has 0 bridgehead atoms. The summed E-state index contributed by atoms with van der Waals surface area (Å²) < 4.78 is 0. The summed E-state index contributed by atoms with van der Waals surface area (Å²) in [7, 11) is 0. The van der Waals surface area contributed by atoms with Gasteiger partial charge in [0.15, 0.2) is 5.78 Å². The van der Waals surface area contributed by atoms with Gasteiger partial charge in [0.25, 0.3) is 0 Å². The molecule has 0 unspecified atom stereocenters. The van der Waals surface area contributed by atoms with E-state index in [0.29, 0.717) is 13.1 Å². The number of anilines is 1. The molecule has 0 atom stereocenters. The number of rotatable bonds is 1. The Bertz CT molecular complexity index is 434. The lowest BCUT2D eigenvalue weighted by Crippen LogP contribution is -2.32. The van der Waals surface area contributed by atoms with E-state index in [1.165, 1.54) is 11.3 Å². The second-order valence-corrected chi connectivity index (χ2v) is 5.90. The smallest absolute Gasteiger partial charge is 0.165 e.